The van der Waals surface area contributed by atoms with E-state index in [0.717, 1.165) is 19.6 Å². The van der Waals surface area contributed by atoms with E-state index in [1.807, 2.05) is 6.92 Å². The van der Waals surface area contributed by atoms with Crippen LogP contribution >= 0.6 is 0 Å². The lowest BCUT2D eigenvalue weighted by Crippen LogP contribution is -2.61. The van der Waals surface area contributed by atoms with E-state index in [0.29, 0.717) is 18.8 Å². The summed E-state index contributed by atoms with van der Waals surface area (Å²) in [5.41, 5.74) is 0.246. The van der Waals surface area contributed by atoms with Gasteiger partial charge in [-0.3, -0.25) is 0 Å². The van der Waals surface area contributed by atoms with E-state index in [2.05, 4.69) is 33.0 Å². The minimum atomic E-state index is 0.200. The van der Waals surface area contributed by atoms with Crippen molar-refractivity contribution < 1.29 is 9.47 Å². The zero-order chi connectivity index (χ0) is 12.9. The molecule has 0 saturated heterocycles. The number of nitrogens with one attached hydrogen (secondary N) is 1. The second kappa shape index (κ2) is 6.72. The van der Waals surface area contributed by atoms with E-state index in [1.165, 1.54) is 6.42 Å². The Morgan fingerprint density at radius 1 is 1.35 bits per heavy atom. The molecule has 3 nitrogen and oxygen atoms in total. The summed E-state index contributed by atoms with van der Waals surface area (Å²) in [7, 11) is 0. The predicted molar refractivity (Wildman–Crippen MR) is 71.3 cm³/mol. The summed E-state index contributed by atoms with van der Waals surface area (Å²) in [4.78, 5) is 0. The number of hydrogen-bond donors (Lipinski definition) is 1. The van der Waals surface area contributed by atoms with Crippen LogP contribution < -0.4 is 5.32 Å². The summed E-state index contributed by atoms with van der Waals surface area (Å²) in [6, 6.07) is 0.603. The summed E-state index contributed by atoms with van der Waals surface area (Å²) >= 11 is 0. The van der Waals surface area contributed by atoms with Crippen LogP contribution in [0.1, 0.15) is 47.5 Å². The van der Waals surface area contributed by atoms with Crippen molar-refractivity contribution >= 4 is 0 Å². The van der Waals surface area contributed by atoms with Crippen LogP contribution in [0, 0.1) is 5.41 Å². The fourth-order valence-corrected chi connectivity index (χ4v) is 2.38. The molecule has 3 atom stereocenters. The molecule has 17 heavy (non-hydrogen) atoms. The van der Waals surface area contributed by atoms with Gasteiger partial charge in [0.15, 0.2) is 0 Å². The Hall–Kier alpha value is -0.120. The third-order valence-electron chi connectivity index (χ3n) is 3.77. The van der Waals surface area contributed by atoms with E-state index in [1.54, 1.807) is 0 Å². The van der Waals surface area contributed by atoms with Gasteiger partial charge in [0, 0.05) is 18.1 Å². The van der Waals surface area contributed by atoms with Gasteiger partial charge in [-0.2, -0.15) is 0 Å². The summed E-state index contributed by atoms with van der Waals surface area (Å²) in [5, 5.41) is 3.59. The normalized spacial score (nSPS) is 28.8. The van der Waals surface area contributed by atoms with Crippen molar-refractivity contribution in [1.29, 1.82) is 0 Å². The first-order valence-electron chi connectivity index (χ1n) is 6.98. The zero-order valence-corrected chi connectivity index (χ0v) is 12.1. The second-order valence-electron chi connectivity index (χ2n) is 5.66. The lowest BCUT2D eigenvalue weighted by molar-refractivity contribution is -0.155. The molecule has 0 aromatic carbocycles. The molecule has 1 fully saturated rings. The van der Waals surface area contributed by atoms with E-state index < -0.39 is 0 Å². The molecule has 3 heteroatoms. The van der Waals surface area contributed by atoms with Gasteiger partial charge in [0.2, 0.25) is 0 Å². The molecule has 3 unspecified atom stereocenters. The van der Waals surface area contributed by atoms with Crippen LogP contribution in [0.2, 0.25) is 0 Å². The van der Waals surface area contributed by atoms with Crippen molar-refractivity contribution in [2.45, 2.75) is 65.7 Å². The van der Waals surface area contributed by atoms with Crippen LogP contribution in [0.25, 0.3) is 0 Å². The highest BCUT2D eigenvalue weighted by Crippen LogP contribution is 2.43. The van der Waals surface area contributed by atoms with Crippen molar-refractivity contribution in [2.24, 2.45) is 5.41 Å². The lowest BCUT2D eigenvalue weighted by Gasteiger charge is -2.52. The average molecular weight is 243 g/mol. The van der Waals surface area contributed by atoms with Crippen LogP contribution in [-0.2, 0) is 9.47 Å². The van der Waals surface area contributed by atoms with Crippen LogP contribution in [0.15, 0.2) is 0 Å². The summed E-state index contributed by atoms with van der Waals surface area (Å²) in [5.74, 6) is 0. The highest BCUT2D eigenvalue weighted by atomic mass is 16.5. The van der Waals surface area contributed by atoms with Gasteiger partial charge in [-0.15, -0.1) is 0 Å². The quantitative estimate of drug-likeness (QED) is 0.711. The van der Waals surface area contributed by atoms with Gasteiger partial charge in [0.05, 0.1) is 18.8 Å². The van der Waals surface area contributed by atoms with E-state index in [-0.39, 0.29) is 11.5 Å². The number of hydrogen-bond acceptors (Lipinski definition) is 3. The van der Waals surface area contributed by atoms with Gasteiger partial charge in [0.1, 0.15) is 0 Å². The van der Waals surface area contributed by atoms with Crippen LogP contribution in [0.5, 0.6) is 0 Å². The maximum Gasteiger partial charge on any atom is 0.0784 e. The molecule has 1 aliphatic carbocycles. The van der Waals surface area contributed by atoms with E-state index >= 15 is 0 Å². The SMILES string of the molecule is CCCNC1CC(OC(C)COCC)C1(C)C. The molecule has 0 bridgehead atoms. The van der Waals surface area contributed by atoms with Crippen molar-refractivity contribution in [3.63, 3.8) is 0 Å². The Bertz CT molecular complexity index is 218. The fraction of sp³-hybridized carbons (Fsp3) is 1.00. The molecule has 0 aromatic heterocycles. The van der Waals surface area contributed by atoms with Crippen molar-refractivity contribution in [3.8, 4) is 0 Å². The molecule has 1 aliphatic rings. The first-order valence-corrected chi connectivity index (χ1v) is 6.98. The highest BCUT2D eigenvalue weighted by molar-refractivity contribution is 5.02. The largest absolute Gasteiger partial charge is 0.379 e. The third-order valence-corrected chi connectivity index (χ3v) is 3.77. The molecule has 0 aromatic rings. The maximum absolute atomic E-state index is 6.05. The van der Waals surface area contributed by atoms with Crippen molar-refractivity contribution in [3.05, 3.63) is 0 Å². The van der Waals surface area contributed by atoms with Crippen LogP contribution in [0.3, 0.4) is 0 Å². The molecule has 1 saturated carbocycles. The first-order chi connectivity index (χ1) is 8.02. The molecular formula is C14H29NO2. The highest BCUT2D eigenvalue weighted by Gasteiger charge is 2.49. The van der Waals surface area contributed by atoms with Gasteiger partial charge in [-0.05, 0) is 33.2 Å². The Balaban J connectivity index is 2.28. The molecule has 0 heterocycles. The molecule has 102 valence electrons. The zero-order valence-electron chi connectivity index (χ0n) is 12.1. The van der Waals surface area contributed by atoms with Gasteiger partial charge in [0.25, 0.3) is 0 Å². The standard InChI is InChI=1S/C14H29NO2/c1-6-8-15-12-9-13(14(12,4)5)17-11(3)10-16-7-2/h11-13,15H,6-10H2,1-5H3. The topological polar surface area (TPSA) is 30.5 Å². The third kappa shape index (κ3) is 3.94. The van der Waals surface area contributed by atoms with Crippen LogP contribution in [0.4, 0.5) is 0 Å². The summed E-state index contributed by atoms with van der Waals surface area (Å²) in [6.45, 7) is 13.5. The van der Waals surface area contributed by atoms with Crippen molar-refractivity contribution in [2.75, 3.05) is 19.8 Å². The molecule has 0 aliphatic heterocycles. The minimum absolute atomic E-state index is 0.200. The van der Waals surface area contributed by atoms with Crippen molar-refractivity contribution in [1.82, 2.24) is 5.32 Å². The predicted octanol–water partition coefficient (Wildman–Crippen LogP) is 2.59. The van der Waals surface area contributed by atoms with Gasteiger partial charge in [-0.25, -0.2) is 0 Å². The minimum Gasteiger partial charge on any atom is -0.379 e. The monoisotopic (exact) mass is 243 g/mol. The number of ether oxygens (including phenoxy) is 2. The molecule has 0 amide bonds. The first kappa shape index (κ1) is 14.9. The second-order valence-corrected chi connectivity index (χ2v) is 5.66. The van der Waals surface area contributed by atoms with Gasteiger partial charge in [-0.1, -0.05) is 20.8 Å². The molecule has 1 rings (SSSR count). The summed E-state index contributed by atoms with van der Waals surface area (Å²) in [6.07, 6.45) is 2.89. The summed E-state index contributed by atoms with van der Waals surface area (Å²) < 4.78 is 11.4. The smallest absolute Gasteiger partial charge is 0.0784 e. The Morgan fingerprint density at radius 2 is 2.06 bits per heavy atom. The van der Waals surface area contributed by atoms with Crippen LogP contribution in [-0.4, -0.2) is 38.0 Å². The lowest BCUT2D eigenvalue weighted by atomic mass is 9.64. The number of rotatable bonds is 8. The van der Waals surface area contributed by atoms with Gasteiger partial charge < -0.3 is 14.8 Å². The Kier molecular flexibility index (Phi) is 5.90. The fourth-order valence-electron chi connectivity index (χ4n) is 2.38. The molecular weight excluding hydrogens is 214 g/mol. The molecule has 1 N–H and O–H groups in total. The Morgan fingerprint density at radius 3 is 2.59 bits per heavy atom. The van der Waals surface area contributed by atoms with E-state index in [9.17, 15) is 0 Å². The van der Waals surface area contributed by atoms with E-state index in [4.69, 9.17) is 9.47 Å². The van der Waals surface area contributed by atoms with Gasteiger partial charge >= 0.3 is 0 Å². The Labute approximate surface area is 106 Å². The molecule has 0 radical (unpaired) electrons. The average Bonchev–Trinajstić information content (AvgIpc) is 2.30. The maximum atomic E-state index is 6.05. The molecule has 0 spiro atoms.